The molecule has 1 amide bonds. The fraction of sp³-hybridized carbons (Fsp3) is 0.583. The Hall–Kier alpha value is -0.530. The molecule has 3 rings (SSSR count). The van der Waals surface area contributed by atoms with Crippen molar-refractivity contribution in [2.75, 3.05) is 5.32 Å². The van der Waals surface area contributed by atoms with Gasteiger partial charge in [0.25, 0.3) is 0 Å². The zero-order valence-electron chi connectivity index (χ0n) is 10.1. The molecule has 4 unspecified atom stereocenters. The number of nitrogens with one attached hydrogen (secondary N) is 1. The van der Waals surface area contributed by atoms with Gasteiger partial charge in [0.05, 0.1) is 12.1 Å². The molecule has 2 aliphatic carbocycles. The number of anilines is 1. The van der Waals surface area contributed by atoms with E-state index in [1.807, 2.05) is 0 Å². The number of carbonyl (C=O) groups is 1. The molecule has 7 heteroatoms. The average Bonchev–Trinajstić information content (AvgIpc) is 2.93. The summed E-state index contributed by atoms with van der Waals surface area (Å²) in [7, 11) is 0. The minimum absolute atomic E-state index is 0.0130. The molecular formula is C12H14Br2N4O. The molecular weight excluding hydrogens is 376 g/mol. The van der Waals surface area contributed by atoms with Gasteiger partial charge in [0, 0.05) is 6.04 Å². The second-order valence-corrected chi connectivity index (χ2v) is 6.82. The van der Waals surface area contributed by atoms with Crippen molar-refractivity contribution >= 4 is 43.6 Å². The molecule has 1 heterocycles. The molecule has 1 aromatic heterocycles. The molecule has 2 saturated carbocycles. The van der Waals surface area contributed by atoms with Gasteiger partial charge in [-0.25, -0.2) is 9.97 Å². The number of amides is 1. The van der Waals surface area contributed by atoms with E-state index < -0.39 is 0 Å². The van der Waals surface area contributed by atoms with Gasteiger partial charge in [-0.1, -0.05) is 0 Å². The van der Waals surface area contributed by atoms with Crippen molar-refractivity contribution in [2.45, 2.75) is 25.3 Å². The van der Waals surface area contributed by atoms with Crippen LogP contribution in [0.1, 0.15) is 19.3 Å². The number of rotatable bonds is 2. The van der Waals surface area contributed by atoms with Crippen LogP contribution >= 0.6 is 31.9 Å². The van der Waals surface area contributed by atoms with E-state index in [0.717, 1.165) is 19.3 Å². The lowest BCUT2D eigenvalue weighted by Gasteiger charge is -2.26. The molecule has 19 heavy (non-hydrogen) atoms. The monoisotopic (exact) mass is 388 g/mol. The van der Waals surface area contributed by atoms with E-state index in [-0.39, 0.29) is 17.9 Å². The number of aromatic nitrogens is 2. The first kappa shape index (κ1) is 13.5. The van der Waals surface area contributed by atoms with Gasteiger partial charge in [0.2, 0.25) is 5.91 Å². The maximum Gasteiger partial charge on any atom is 0.230 e. The lowest BCUT2D eigenvalue weighted by atomic mass is 9.84. The summed E-state index contributed by atoms with van der Waals surface area (Å²) >= 11 is 6.52. The van der Waals surface area contributed by atoms with E-state index >= 15 is 0 Å². The third-order valence-corrected chi connectivity index (χ3v) is 5.16. The van der Waals surface area contributed by atoms with Gasteiger partial charge in [-0.15, -0.1) is 0 Å². The van der Waals surface area contributed by atoms with Gasteiger partial charge in [0.1, 0.15) is 9.21 Å². The number of hydrogen-bond donors (Lipinski definition) is 2. The van der Waals surface area contributed by atoms with Crippen LogP contribution in [0.15, 0.2) is 15.4 Å². The number of halogens is 2. The zero-order chi connectivity index (χ0) is 13.6. The minimum Gasteiger partial charge on any atom is -0.327 e. The third-order valence-electron chi connectivity index (χ3n) is 4.23. The Morgan fingerprint density at radius 1 is 1.37 bits per heavy atom. The molecule has 0 aliphatic heterocycles. The number of carbonyl (C=O) groups excluding carboxylic acids is 1. The lowest BCUT2D eigenvalue weighted by molar-refractivity contribution is -0.121. The van der Waals surface area contributed by atoms with E-state index in [0.29, 0.717) is 26.9 Å². The molecule has 1 aromatic rings. The molecule has 0 saturated heterocycles. The molecule has 2 fully saturated rings. The molecule has 4 atom stereocenters. The molecule has 102 valence electrons. The topological polar surface area (TPSA) is 80.9 Å². The summed E-state index contributed by atoms with van der Waals surface area (Å²) in [6.07, 6.45) is 4.93. The zero-order valence-corrected chi connectivity index (χ0v) is 13.3. The van der Waals surface area contributed by atoms with Crippen LogP contribution in [-0.2, 0) is 4.79 Å². The molecule has 0 radical (unpaired) electrons. The predicted octanol–water partition coefficient (Wildman–Crippen LogP) is 2.31. The van der Waals surface area contributed by atoms with Crippen LogP contribution in [0, 0.1) is 17.8 Å². The van der Waals surface area contributed by atoms with E-state index in [1.165, 1.54) is 0 Å². The fourth-order valence-electron chi connectivity index (χ4n) is 3.36. The van der Waals surface area contributed by atoms with Crippen LogP contribution < -0.4 is 11.1 Å². The Morgan fingerprint density at radius 2 is 2.11 bits per heavy atom. The Balaban J connectivity index is 1.75. The minimum atomic E-state index is -0.0869. The highest BCUT2D eigenvalue weighted by molar-refractivity contribution is 9.11. The second kappa shape index (κ2) is 5.10. The van der Waals surface area contributed by atoms with Crippen LogP contribution in [0.3, 0.4) is 0 Å². The average molecular weight is 390 g/mol. The SMILES string of the molecule is NC1C2CCC(C2)C1C(=O)Nc1ncc(Br)nc1Br. The summed E-state index contributed by atoms with van der Waals surface area (Å²) in [5.41, 5.74) is 6.16. The molecule has 2 aliphatic rings. The highest BCUT2D eigenvalue weighted by atomic mass is 79.9. The Bertz CT molecular complexity index is 522. The number of nitrogens with two attached hydrogens (primary N) is 1. The van der Waals surface area contributed by atoms with E-state index in [1.54, 1.807) is 6.20 Å². The second-order valence-electron chi connectivity index (χ2n) is 5.26. The van der Waals surface area contributed by atoms with Crippen molar-refractivity contribution in [1.82, 2.24) is 9.97 Å². The summed E-state index contributed by atoms with van der Waals surface area (Å²) in [4.78, 5) is 20.7. The fourth-order valence-corrected chi connectivity index (χ4v) is 4.27. The van der Waals surface area contributed by atoms with Crippen molar-refractivity contribution < 1.29 is 4.79 Å². The van der Waals surface area contributed by atoms with Gasteiger partial charge in [-0.3, -0.25) is 4.79 Å². The predicted molar refractivity (Wildman–Crippen MR) is 78.4 cm³/mol. The van der Waals surface area contributed by atoms with E-state index in [9.17, 15) is 4.79 Å². The maximum atomic E-state index is 12.4. The quantitative estimate of drug-likeness (QED) is 0.813. The molecule has 2 bridgehead atoms. The van der Waals surface area contributed by atoms with E-state index in [2.05, 4.69) is 47.1 Å². The summed E-state index contributed by atoms with van der Waals surface area (Å²) in [6, 6.07) is -0.0130. The lowest BCUT2D eigenvalue weighted by Crippen LogP contribution is -2.42. The van der Waals surface area contributed by atoms with Crippen LogP contribution in [0.2, 0.25) is 0 Å². The Morgan fingerprint density at radius 3 is 2.74 bits per heavy atom. The maximum absolute atomic E-state index is 12.4. The van der Waals surface area contributed by atoms with Crippen molar-refractivity contribution in [3.05, 3.63) is 15.4 Å². The largest absolute Gasteiger partial charge is 0.327 e. The number of fused-ring (bicyclic) bond motifs is 2. The first-order chi connectivity index (χ1) is 9.06. The Kier molecular flexibility index (Phi) is 3.61. The molecule has 0 spiro atoms. The number of hydrogen-bond acceptors (Lipinski definition) is 4. The van der Waals surface area contributed by atoms with Gasteiger partial charge in [0.15, 0.2) is 5.82 Å². The highest BCUT2D eigenvalue weighted by Gasteiger charge is 2.49. The van der Waals surface area contributed by atoms with Crippen LogP contribution in [0.4, 0.5) is 5.82 Å². The number of nitrogens with zero attached hydrogens (tertiary/aromatic N) is 2. The van der Waals surface area contributed by atoms with Crippen LogP contribution in [0.5, 0.6) is 0 Å². The van der Waals surface area contributed by atoms with Crippen LogP contribution in [0.25, 0.3) is 0 Å². The van der Waals surface area contributed by atoms with Crippen molar-refractivity contribution in [3.8, 4) is 0 Å². The summed E-state index contributed by atoms with van der Waals surface area (Å²) in [5, 5.41) is 2.83. The Labute approximate surface area is 128 Å². The van der Waals surface area contributed by atoms with Crippen LogP contribution in [-0.4, -0.2) is 21.9 Å². The summed E-state index contributed by atoms with van der Waals surface area (Å²) in [5.74, 6) is 1.28. The first-order valence-corrected chi connectivity index (χ1v) is 7.89. The standard InChI is InChI=1S/C12H14Br2N4O/c13-7-4-16-11(10(14)17-7)18-12(19)8-5-1-2-6(3-5)9(8)15/h4-6,8-9H,1-3,15H2,(H,16,18,19). The van der Waals surface area contributed by atoms with Gasteiger partial charge in [-0.05, 0) is 63.0 Å². The third kappa shape index (κ3) is 2.43. The van der Waals surface area contributed by atoms with Gasteiger partial charge in [-0.2, -0.15) is 0 Å². The van der Waals surface area contributed by atoms with E-state index in [4.69, 9.17) is 5.73 Å². The van der Waals surface area contributed by atoms with Gasteiger partial charge >= 0.3 is 0 Å². The molecule has 5 nitrogen and oxygen atoms in total. The first-order valence-electron chi connectivity index (χ1n) is 6.30. The molecule has 0 aromatic carbocycles. The summed E-state index contributed by atoms with van der Waals surface area (Å²) in [6.45, 7) is 0. The summed E-state index contributed by atoms with van der Waals surface area (Å²) < 4.78 is 1.14. The smallest absolute Gasteiger partial charge is 0.230 e. The van der Waals surface area contributed by atoms with Crippen molar-refractivity contribution in [1.29, 1.82) is 0 Å². The normalized spacial score (nSPS) is 32.6. The van der Waals surface area contributed by atoms with Crippen molar-refractivity contribution in [3.63, 3.8) is 0 Å². The molecule has 3 N–H and O–H groups in total. The van der Waals surface area contributed by atoms with Crippen molar-refractivity contribution in [2.24, 2.45) is 23.5 Å². The van der Waals surface area contributed by atoms with Gasteiger partial charge < -0.3 is 11.1 Å². The highest BCUT2D eigenvalue weighted by Crippen LogP contribution is 2.47.